The fourth-order valence-corrected chi connectivity index (χ4v) is 0. The van der Waals surface area contributed by atoms with E-state index in [9.17, 15) is 4.79 Å². The number of hydrogen-bond acceptors (Lipinski definition) is 1. The number of hydrogen-bond donors (Lipinski definition) is 0. The molecule has 4 heteroatoms. The molecule has 0 aromatic rings. The van der Waals surface area contributed by atoms with Crippen molar-refractivity contribution in [1.82, 2.24) is 0 Å². The van der Waals surface area contributed by atoms with Crippen LogP contribution in [0.1, 0.15) is 6.92 Å². The van der Waals surface area contributed by atoms with E-state index in [0.717, 1.165) is 0 Å². The molecule has 0 spiro atoms. The van der Waals surface area contributed by atoms with E-state index in [0.29, 0.717) is 0 Å². The number of rotatable bonds is 1. The van der Waals surface area contributed by atoms with Gasteiger partial charge in [0.05, 0.1) is 0 Å². The first-order chi connectivity index (χ1) is 3.68. The van der Waals surface area contributed by atoms with E-state index >= 15 is 0 Å². The Balaban J connectivity index is 0. The molecule has 0 aliphatic heterocycles. The van der Waals surface area contributed by atoms with Gasteiger partial charge in [0, 0.05) is 0 Å². The first-order valence-electron chi connectivity index (χ1n) is 1.64. The van der Waals surface area contributed by atoms with Crippen LogP contribution in [0.3, 0.4) is 0 Å². The quantitative estimate of drug-likeness (QED) is 0.671. The van der Waals surface area contributed by atoms with Crippen molar-refractivity contribution in [2.75, 3.05) is 0 Å². The Morgan fingerprint density at radius 2 is 1.88 bits per heavy atom. The van der Waals surface area contributed by atoms with Gasteiger partial charge in [0.1, 0.15) is 0 Å². The van der Waals surface area contributed by atoms with E-state index in [4.69, 9.17) is 18.8 Å². The van der Waals surface area contributed by atoms with Crippen LogP contribution in [0.2, 0.25) is 0 Å². The molecule has 0 saturated heterocycles. The van der Waals surface area contributed by atoms with Crippen molar-refractivity contribution < 1.29 is 21.3 Å². The molecular weight excluding hydrogens is 330 g/mol. The average Bonchev–Trinajstić information content (AvgIpc) is 1.69. The molecule has 0 fully saturated rings. The molecule has 0 rings (SSSR count). The zero-order chi connectivity index (χ0) is 6.99. The summed E-state index contributed by atoms with van der Waals surface area (Å²) in [5, 5.41) is 0. The number of allylic oxidation sites excluding steroid dienone is 1. The van der Waals surface area contributed by atoms with Crippen molar-refractivity contribution in [3.63, 3.8) is 0 Å². The van der Waals surface area contributed by atoms with Crippen LogP contribution in [0.4, 0.5) is 0 Å². The molecule has 0 aromatic heterocycles. The monoisotopic (exact) mass is 335 g/mol. The molecule has 0 amide bonds. The summed E-state index contributed by atoms with van der Waals surface area (Å²) in [7, 11) is 9.75. The molecule has 1 nitrogen and oxygen atoms in total. The Kier molecular flexibility index (Phi) is 15.2. The van der Waals surface area contributed by atoms with E-state index in [-0.39, 0.29) is 5.78 Å². The summed E-state index contributed by atoms with van der Waals surface area (Å²) in [6, 6.07) is 0. The fraction of sp³-hybridized carbons (Fsp3) is 0.250. The van der Waals surface area contributed by atoms with Crippen LogP contribution in [0, 0.1) is 0 Å². The summed E-state index contributed by atoms with van der Waals surface area (Å²) >= 11 is -0.472. The molecule has 0 radical (unpaired) electrons. The van der Waals surface area contributed by atoms with Gasteiger partial charge in [0.2, 0.25) is 0 Å². The molecule has 0 atom stereocenters. The summed E-state index contributed by atoms with van der Waals surface area (Å²) < 4.78 is 0. The molecular formula is C4H6Cl2OPt. The molecule has 52 valence electrons. The zero-order valence-electron chi connectivity index (χ0n) is 4.26. The maximum absolute atomic E-state index is 9.69. The second-order valence-electron chi connectivity index (χ2n) is 0.860. The van der Waals surface area contributed by atoms with E-state index in [1.165, 1.54) is 13.0 Å². The molecule has 0 aromatic carbocycles. The van der Waals surface area contributed by atoms with E-state index in [1.807, 2.05) is 0 Å². The average molecular weight is 336 g/mol. The fourth-order valence-electron chi connectivity index (χ4n) is 0. The van der Waals surface area contributed by atoms with Crippen LogP contribution in [0.5, 0.6) is 0 Å². The molecule has 8 heavy (non-hydrogen) atoms. The van der Waals surface area contributed by atoms with Gasteiger partial charge in [-0.05, 0) is 13.0 Å². The Bertz CT molecular complexity index is 74.4. The molecule has 0 bridgehead atoms. The van der Waals surface area contributed by atoms with E-state index in [1.54, 1.807) is 0 Å². The van der Waals surface area contributed by atoms with Gasteiger partial charge >= 0.3 is 35.3 Å². The Labute approximate surface area is 65.4 Å². The van der Waals surface area contributed by atoms with Crippen molar-refractivity contribution in [2.45, 2.75) is 6.92 Å². The summed E-state index contributed by atoms with van der Waals surface area (Å²) in [6.07, 6.45) is 1.28. The van der Waals surface area contributed by atoms with Crippen LogP contribution in [0.25, 0.3) is 0 Å². The molecule has 0 unspecified atom stereocenters. The minimum atomic E-state index is -0.472. The van der Waals surface area contributed by atoms with Crippen molar-refractivity contribution in [3.05, 3.63) is 12.7 Å². The SMILES string of the molecule is C=CC(C)=O.[Cl][Pt][Cl]. The first-order valence-corrected chi connectivity index (χ1v) is 7.27. The third-order valence-electron chi connectivity index (χ3n) is 0.287. The Morgan fingerprint density at radius 3 is 1.88 bits per heavy atom. The molecule has 0 aliphatic carbocycles. The zero-order valence-corrected chi connectivity index (χ0v) is 8.05. The van der Waals surface area contributed by atoms with Gasteiger partial charge in [-0.25, -0.2) is 0 Å². The number of ketones is 1. The Morgan fingerprint density at radius 1 is 1.75 bits per heavy atom. The summed E-state index contributed by atoms with van der Waals surface area (Å²) in [5.74, 6) is 0.0185. The van der Waals surface area contributed by atoms with Gasteiger partial charge in [-0.2, -0.15) is 0 Å². The van der Waals surface area contributed by atoms with Crippen LogP contribution in [-0.2, 0) is 21.3 Å². The maximum atomic E-state index is 9.69. The van der Waals surface area contributed by atoms with Crippen molar-refractivity contribution in [3.8, 4) is 0 Å². The third kappa shape index (κ3) is 30.0. The predicted octanol–water partition coefficient (Wildman–Crippen LogP) is 2.14. The normalized spacial score (nSPS) is 6.88. The van der Waals surface area contributed by atoms with Crippen LogP contribution >= 0.6 is 18.8 Å². The van der Waals surface area contributed by atoms with Gasteiger partial charge in [-0.3, -0.25) is 4.79 Å². The predicted molar refractivity (Wildman–Crippen MR) is 32.6 cm³/mol. The van der Waals surface area contributed by atoms with Crippen LogP contribution in [0.15, 0.2) is 12.7 Å². The minimum absolute atomic E-state index is 0.0185. The number of carbonyl (C=O) groups excluding carboxylic acids is 1. The molecule has 0 heterocycles. The summed E-state index contributed by atoms with van der Waals surface area (Å²) in [6.45, 7) is 4.68. The molecule has 0 aliphatic rings. The Hall–Kier alpha value is 0.678. The molecule has 0 N–H and O–H groups in total. The van der Waals surface area contributed by atoms with Crippen molar-refractivity contribution >= 4 is 24.6 Å². The van der Waals surface area contributed by atoms with E-state index in [2.05, 4.69) is 6.58 Å². The van der Waals surface area contributed by atoms with Gasteiger partial charge in [-0.15, -0.1) is 0 Å². The van der Waals surface area contributed by atoms with Gasteiger partial charge in [-0.1, -0.05) is 6.58 Å². The number of carbonyl (C=O) groups is 1. The van der Waals surface area contributed by atoms with Crippen LogP contribution < -0.4 is 0 Å². The van der Waals surface area contributed by atoms with Gasteiger partial charge in [0.15, 0.2) is 5.78 Å². The summed E-state index contributed by atoms with van der Waals surface area (Å²) in [5.41, 5.74) is 0. The summed E-state index contributed by atoms with van der Waals surface area (Å²) in [4.78, 5) is 9.69. The van der Waals surface area contributed by atoms with Crippen LogP contribution in [-0.4, -0.2) is 5.78 Å². The standard InChI is InChI=1S/C4H6O.2ClH.Pt/c1-3-4(2)5;;;/h3H,1H2,2H3;2*1H;/q;;;+2/p-2. The van der Waals surface area contributed by atoms with Crippen molar-refractivity contribution in [1.29, 1.82) is 0 Å². The van der Waals surface area contributed by atoms with E-state index < -0.39 is 16.5 Å². The van der Waals surface area contributed by atoms with Gasteiger partial charge < -0.3 is 0 Å². The van der Waals surface area contributed by atoms with Gasteiger partial charge in [0.25, 0.3) is 0 Å². The topological polar surface area (TPSA) is 17.1 Å². The van der Waals surface area contributed by atoms with Crippen molar-refractivity contribution in [2.24, 2.45) is 0 Å². The molecule has 0 saturated carbocycles. The third-order valence-corrected chi connectivity index (χ3v) is 0.287. The number of halogens is 2. The first kappa shape index (κ1) is 11.5. The second-order valence-corrected chi connectivity index (χ2v) is 4.14. The second kappa shape index (κ2) is 10.6.